The minimum Gasteiger partial charge on any atom is -0.469 e. The van der Waals surface area contributed by atoms with E-state index in [0.717, 1.165) is 21.3 Å². The number of nitrogens with zero attached hydrogens (tertiary/aromatic N) is 4. The van der Waals surface area contributed by atoms with Gasteiger partial charge in [-0.25, -0.2) is 0 Å². The van der Waals surface area contributed by atoms with Crippen LogP contribution >= 0.6 is 15.9 Å². The summed E-state index contributed by atoms with van der Waals surface area (Å²) in [5.41, 5.74) is 1.81. The number of fused-ring (bicyclic) bond motifs is 2. The molecule has 1 fully saturated rings. The molecule has 0 radical (unpaired) electrons. The molecule has 0 bridgehead atoms. The number of aryl methyl sites for hydroxylation is 1. The molecule has 0 aliphatic carbocycles. The molecule has 1 amide bonds. The number of benzene rings is 2. The molecule has 236 valence electrons. The van der Waals surface area contributed by atoms with E-state index < -0.39 is 13.9 Å². The van der Waals surface area contributed by atoms with Crippen LogP contribution in [0.4, 0.5) is 5.69 Å². The number of esters is 1. The van der Waals surface area contributed by atoms with E-state index in [9.17, 15) is 19.5 Å². The Morgan fingerprint density at radius 3 is 2.61 bits per heavy atom. The lowest BCUT2D eigenvalue weighted by atomic mass is 9.82. The quantitative estimate of drug-likeness (QED) is 0.159. The van der Waals surface area contributed by atoms with Crippen LogP contribution in [0.1, 0.15) is 55.3 Å². The van der Waals surface area contributed by atoms with Gasteiger partial charge in [-0.2, -0.15) is 0 Å². The zero-order valence-corrected chi connectivity index (χ0v) is 28.2. The molecular weight excluding hydrogens is 644 g/mol. The molecule has 2 N–H and O–H groups in total. The van der Waals surface area contributed by atoms with Gasteiger partial charge in [-0.05, 0) is 56.1 Å². The Hall–Kier alpha value is -2.90. The van der Waals surface area contributed by atoms with Gasteiger partial charge in [-0.15, -0.1) is 5.10 Å². The second-order valence-corrected chi connectivity index (χ2v) is 17.2. The number of hydrogen-bond donors (Lipinski definition) is 2. The van der Waals surface area contributed by atoms with Gasteiger partial charge in [0.15, 0.2) is 13.9 Å². The predicted octanol–water partition coefficient (Wildman–Crippen LogP) is 4.74. The number of methoxy groups -OCH3 is 1. The lowest BCUT2D eigenvalue weighted by Gasteiger charge is -2.32. The van der Waals surface area contributed by atoms with E-state index in [-0.39, 0.29) is 42.0 Å². The standard InChI is InChI=1S/C32H41BrN4O6Si/c1-21-30(44(3,4)41)28(15-17-36-19-26(34-35-36)24(20-38)22-10-6-5-7-11-22)43-32(21)25-18-23(33)13-14-27(25)37(31(32)40)16-9-8-12-29(39)42-2/h5-7,10-11,13-14,18-19,21,24,28,30,38,41H,8-9,12,15-17,20H2,1-4H3/t21-,24?,28+,30-,32+/m1/s1. The summed E-state index contributed by atoms with van der Waals surface area (Å²) in [6, 6.07) is 15.5. The lowest BCUT2D eigenvalue weighted by Crippen LogP contribution is -2.46. The van der Waals surface area contributed by atoms with Crippen molar-refractivity contribution in [2.24, 2.45) is 5.92 Å². The highest BCUT2D eigenvalue weighted by molar-refractivity contribution is 9.10. The molecule has 5 rings (SSSR count). The van der Waals surface area contributed by atoms with Crippen LogP contribution in [0, 0.1) is 5.92 Å². The molecule has 2 aromatic carbocycles. The Labute approximate surface area is 267 Å². The summed E-state index contributed by atoms with van der Waals surface area (Å²) in [5, 5.41) is 18.8. The molecule has 44 heavy (non-hydrogen) atoms. The topological polar surface area (TPSA) is 127 Å². The summed E-state index contributed by atoms with van der Waals surface area (Å²) < 4.78 is 14.3. The van der Waals surface area contributed by atoms with Gasteiger partial charge < -0.3 is 24.3 Å². The second kappa shape index (κ2) is 13.2. The number of hydrogen-bond acceptors (Lipinski definition) is 8. The van der Waals surface area contributed by atoms with Crippen molar-refractivity contribution < 1.29 is 29.0 Å². The Morgan fingerprint density at radius 2 is 1.93 bits per heavy atom. The van der Waals surface area contributed by atoms with Gasteiger partial charge >= 0.3 is 5.97 Å². The normalized spacial score (nSPS) is 23.8. The van der Waals surface area contributed by atoms with Gasteiger partial charge in [-0.3, -0.25) is 14.3 Å². The minimum absolute atomic E-state index is 0.0862. The Balaban J connectivity index is 1.39. The fourth-order valence-electron chi connectivity index (χ4n) is 7.08. The van der Waals surface area contributed by atoms with E-state index in [1.54, 1.807) is 9.58 Å². The molecule has 12 heteroatoms. The summed E-state index contributed by atoms with van der Waals surface area (Å²) in [5.74, 6) is -0.947. The van der Waals surface area contributed by atoms with Crippen molar-refractivity contribution in [3.8, 4) is 0 Å². The van der Waals surface area contributed by atoms with Gasteiger partial charge in [0, 0.05) is 47.2 Å². The minimum atomic E-state index is -2.82. The number of aromatic nitrogens is 3. The van der Waals surface area contributed by atoms with Crippen LogP contribution in [0.5, 0.6) is 0 Å². The molecule has 3 aromatic rings. The zero-order valence-electron chi connectivity index (χ0n) is 25.6. The van der Waals surface area contributed by atoms with Gasteiger partial charge in [0.05, 0.1) is 37.1 Å². The zero-order chi connectivity index (χ0) is 31.6. The highest BCUT2D eigenvalue weighted by atomic mass is 79.9. The molecule has 2 aliphatic rings. The first-order valence-electron chi connectivity index (χ1n) is 15.2. The number of carbonyl (C=O) groups excluding carboxylic acids is 2. The molecule has 1 saturated heterocycles. The van der Waals surface area contributed by atoms with Gasteiger partial charge in [-0.1, -0.05) is 58.4 Å². The molecule has 1 aromatic heterocycles. The summed E-state index contributed by atoms with van der Waals surface area (Å²) in [6.45, 7) is 6.69. The van der Waals surface area contributed by atoms with Crippen LogP contribution in [-0.2, 0) is 31.2 Å². The number of aliphatic hydroxyl groups excluding tert-OH is 1. The SMILES string of the molecule is COC(=O)CCCCN1C(=O)[C@@]2(O[C@@H](CCn3cc(C(CO)c4ccccc4)nn3)[C@H]([Si](C)(C)O)[C@H]2C)c2cc(Br)ccc21. The van der Waals surface area contributed by atoms with E-state index in [4.69, 9.17) is 9.47 Å². The van der Waals surface area contributed by atoms with Crippen molar-refractivity contribution in [2.75, 3.05) is 25.2 Å². The van der Waals surface area contributed by atoms with Crippen LogP contribution in [0.3, 0.4) is 0 Å². The van der Waals surface area contributed by atoms with Crippen LogP contribution in [0.2, 0.25) is 18.6 Å². The third-order valence-corrected chi connectivity index (χ3v) is 12.1. The van der Waals surface area contributed by atoms with E-state index in [1.165, 1.54) is 7.11 Å². The number of unbranched alkanes of at least 4 members (excludes halogenated alkanes) is 1. The first-order chi connectivity index (χ1) is 21.0. The Kier molecular flexibility index (Phi) is 9.76. The number of anilines is 1. The summed E-state index contributed by atoms with van der Waals surface area (Å²) in [4.78, 5) is 39.4. The Morgan fingerprint density at radius 1 is 1.18 bits per heavy atom. The van der Waals surface area contributed by atoms with E-state index >= 15 is 0 Å². The smallest absolute Gasteiger partial charge is 0.305 e. The van der Waals surface area contributed by atoms with Gasteiger partial charge in [0.25, 0.3) is 5.91 Å². The molecule has 10 nitrogen and oxygen atoms in total. The summed E-state index contributed by atoms with van der Waals surface area (Å²) in [6.07, 6.45) is 3.53. The van der Waals surface area contributed by atoms with Crippen LogP contribution < -0.4 is 4.90 Å². The molecule has 1 unspecified atom stereocenters. The first-order valence-corrected chi connectivity index (χ1v) is 19.0. The molecule has 1 spiro atoms. The predicted molar refractivity (Wildman–Crippen MR) is 172 cm³/mol. The van der Waals surface area contributed by atoms with E-state index in [0.29, 0.717) is 44.5 Å². The number of halogens is 1. The summed E-state index contributed by atoms with van der Waals surface area (Å²) >= 11 is 3.60. The van der Waals surface area contributed by atoms with Crippen molar-refractivity contribution in [1.82, 2.24) is 15.0 Å². The molecular formula is C32H41BrN4O6Si. The van der Waals surface area contributed by atoms with Crippen molar-refractivity contribution in [1.29, 1.82) is 0 Å². The van der Waals surface area contributed by atoms with Crippen LogP contribution in [-0.4, -0.2) is 71.5 Å². The third kappa shape index (κ3) is 6.14. The number of ether oxygens (including phenoxy) is 2. The van der Waals surface area contributed by atoms with E-state index in [2.05, 4.69) is 26.2 Å². The lowest BCUT2D eigenvalue weighted by molar-refractivity contribution is -0.146. The Bertz CT molecular complexity index is 1480. The maximum absolute atomic E-state index is 14.4. The van der Waals surface area contributed by atoms with Crippen molar-refractivity contribution in [2.45, 2.75) is 75.4 Å². The number of amides is 1. The number of aliphatic hydroxyl groups is 1. The van der Waals surface area contributed by atoms with Crippen molar-refractivity contribution >= 4 is 41.8 Å². The maximum Gasteiger partial charge on any atom is 0.305 e. The highest BCUT2D eigenvalue weighted by Crippen LogP contribution is 2.60. The number of rotatable bonds is 12. The fourth-order valence-corrected chi connectivity index (χ4v) is 10.0. The average molecular weight is 686 g/mol. The molecule has 5 atom stereocenters. The second-order valence-electron chi connectivity index (χ2n) is 12.4. The number of carbonyl (C=O) groups is 2. The maximum atomic E-state index is 14.4. The third-order valence-electron chi connectivity index (χ3n) is 9.13. The summed E-state index contributed by atoms with van der Waals surface area (Å²) in [7, 11) is -1.44. The van der Waals surface area contributed by atoms with Gasteiger partial charge in [0.1, 0.15) is 0 Å². The molecule has 0 saturated carbocycles. The highest BCUT2D eigenvalue weighted by Gasteiger charge is 2.66. The van der Waals surface area contributed by atoms with E-state index in [1.807, 2.05) is 74.7 Å². The monoisotopic (exact) mass is 684 g/mol. The average Bonchev–Trinajstić information content (AvgIpc) is 3.65. The van der Waals surface area contributed by atoms with Crippen molar-refractivity contribution in [3.05, 3.63) is 76.0 Å². The molecule has 3 heterocycles. The first kappa shape index (κ1) is 32.5. The molecule has 2 aliphatic heterocycles. The van der Waals surface area contributed by atoms with Crippen LogP contribution in [0.25, 0.3) is 0 Å². The van der Waals surface area contributed by atoms with Gasteiger partial charge in [0.2, 0.25) is 0 Å². The fraction of sp³-hybridized carbons (Fsp3) is 0.500. The van der Waals surface area contributed by atoms with Crippen molar-refractivity contribution in [3.63, 3.8) is 0 Å². The largest absolute Gasteiger partial charge is 0.469 e. The van der Waals surface area contributed by atoms with Crippen LogP contribution in [0.15, 0.2) is 59.2 Å².